The first-order chi connectivity index (χ1) is 13.0. The van der Waals surface area contributed by atoms with E-state index in [1.165, 1.54) is 23.5 Å². The molecule has 2 aromatic carbocycles. The molecular formula is C19H17FN4O2S. The molecule has 1 atom stereocenters. The van der Waals surface area contributed by atoms with Gasteiger partial charge in [0.05, 0.1) is 22.5 Å². The number of phenolic OH excluding ortho intramolecular Hbond substituents is 1. The lowest BCUT2D eigenvalue weighted by Crippen LogP contribution is -2.26. The SMILES string of the molecule is C[C@H]1C/C(=N\NC(=O)CNc2nc3ccccc3s2)c2c(O)ccc(F)c21. The van der Waals surface area contributed by atoms with Gasteiger partial charge in [-0.05, 0) is 36.6 Å². The number of carbonyl (C=O) groups is 1. The fourth-order valence-electron chi connectivity index (χ4n) is 3.24. The van der Waals surface area contributed by atoms with Crippen LogP contribution in [0.15, 0.2) is 41.5 Å². The van der Waals surface area contributed by atoms with E-state index in [0.29, 0.717) is 28.4 Å². The number of rotatable bonds is 4. The Labute approximate surface area is 158 Å². The van der Waals surface area contributed by atoms with Crippen LogP contribution < -0.4 is 10.7 Å². The smallest absolute Gasteiger partial charge is 0.259 e. The molecule has 138 valence electrons. The van der Waals surface area contributed by atoms with Gasteiger partial charge in [0.1, 0.15) is 11.6 Å². The van der Waals surface area contributed by atoms with Gasteiger partial charge in [-0.3, -0.25) is 4.79 Å². The summed E-state index contributed by atoms with van der Waals surface area (Å²) in [5, 5.41) is 17.8. The molecule has 1 amide bonds. The molecule has 0 saturated carbocycles. The lowest BCUT2D eigenvalue weighted by atomic mass is 10.0. The highest BCUT2D eigenvalue weighted by molar-refractivity contribution is 7.22. The zero-order valence-corrected chi connectivity index (χ0v) is 15.3. The first-order valence-electron chi connectivity index (χ1n) is 8.49. The quantitative estimate of drug-likeness (QED) is 0.600. The van der Waals surface area contributed by atoms with Crippen molar-refractivity contribution in [2.75, 3.05) is 11.9 Å². The molecule has 1 heterocycles. The lowest BCUT2D eigenvalue weighted by molar-refractivity contribution is -0.119. The standard InChI is InChI=1S/C19H17FN4O2S/c1-10-8-13(18-14(25)7-6-11(20)17(10)18)23-24-16(26)9-21-19-22-12-4-2-3-5-15(12)27-19/h2-7,10,25H,8-9H2,1H3,(H,21,22)(H,24,26)/b23-13+/t10-/m0/s1. The number of nitrogens with zero attached hydrogens (tertiary/aromatic N) is 2. The number of para-hydroxylation sites is 1. The van der Waals surface area contributed by atoms with Gasteiger partial charge in [-0.1, -0.05) is 30.4 Å². The molecule has 1 aromatic heterocycles. The second-order valence-corrected chi connectivity index (χ2v) is 7.42. The van der Waals surface area contributed by atoms with E-state index in [4.69, 9.17) is 0 Å². The summed E-state index contributed by atoms with van der Waals surface area (Å²) in [4.78, 5) is 16.5. The van der Waals surface area contributed by atoms with Crippen LogP contribution in [0.3, 0.4) is 0 Å². The van der Waals surface area contributed by atoms with Gasteiger partial charge in [0.2, 0.25) is 0 Å². The topological polar surface area (TPSA) is 86.6 Å². The molecule has 4 rings (SSSR count). The number of carbonyl (C=O) groups excluding carboxylic acids is 1. The van der Waals surface area contributed by atoms with E-state index in [9.17, 15) is 14.3 Å². The van der Waals surface area contributed by atoms with Crippen LogP contribution in [0.25, 0.3) is 10.2 Å². The average Bonchev–Trinajstić information content (AvgIpc) is 3.22. The van der Waals surface area contributed by atoms with Crippen LogP contribution in [0.1, 0.15) is 30.4 Å². The molecule has 0 saturated heterocycles. The van der Waals surface area contributed by atoms with E-state index < -0.39 is 0 Å². The van der Waals surface area contributed by atoms with Crippen LogP contribution >= 0.6 is 11.3 Å². The van der Waals surface area contributed by atoms with E-state index >= 15 is 0 Å². The summed E-state index contributed by atoms with van der Waals surface area (Å²) < 4.78 is 15.1. The minimum absolute atomic E-state index is 0.00808. The molecule has 0 unspecified atom stereocenters. The average molecular weight is 384 g/mol. The Morgan fingerprint density at radius 3 is 3.00 bits per heavy atom. The number of hydrogen-bond acceptors (Lipinski definition) is 6. The van der Waals surface area contributed by atoms with E-state index in [1.54, 1.807) is 0 Å². The molecule has 0 radical (unpaired) electrons. The molecule has 3 N–H and O–H groups in total. The molecule has 3 aromatic rings. The number of halogens is 1. The highest BCUT2D eigenvalue weighted by atomic mass is 32.1. The second-order valence-electron chi connectivity index (χ2n) is 6.39. The number of aromatic hydroxyl groups is 1. The first-order valence-corrected chi connectivity index (χ1v) is 9.31. The van der Waals surface area contributed by atoms with Crippen molar-refractivity contribution in [3.05, 3.63) is 53.3 Å². The number of amides is 1. The third-order valence-electron chi connectivity index (χ3n) is 4.46. The minimum Gasteiger partial charge on any atom is -0.507 e. The molecule has 0 spiro atoms. The van der Waals surface area contributed by atoms with Gasteiger partial charge in [0.15, 0.2) is 5.13 Å². The van der Waals surface area contributed by atoms with Gasteiger partial charge in [0, 0.05) is 11.1 Å². The monoisotopic (exact) mass is 384 g/mol. The maximum Gasteiger partial charge on any atom is 0.259 e. The summed E-state index contributed by atoms with van der Waals surface area (Å²) >= 11 is 1.46. The summed E-state index contributed by atoms with van der Waals surface area (Å²) in [5.41, 5.74) is 4.63. The van der Waals surface area contributed by atoms with E-state index in [2.05, 4.69) is 20.8 Å². The Balaban J connectivity index is 1.43. The molecule has 1 aliphatic carbocycles. The van der Waals surface area contributed by atoms with Crippen LogP contribution in [0.5, 0.6) is 5.75 Å². The van der Waals surface area contributed by atoms with Gasteiger partial charge >= 0.3 is 0 Å². The van der Waals surface area contributed by atoms with Crippen molar-refractivity contribution >= 4 is 38.3 Å². The fourth-order valence-corrected chi connectivity index (χ4v) is 4.10. The van der Waals surface area contributed by atoms with Crippen molar-refractivity contribution < 1.29 is 14.3 Å². The molecule has 0 bridgehead atoms. The highest BCUT2D eigenvalue weighted by Gasteiger charge is 2.30. The Kier molecular flexibility index (Phi) is 4.49. The Morgan fingerprint density at radius 1 is 1.37 bits per heavy atom. The lowest BCUT2D eigenvalue weighted by Gasteiger charge is -2.06. The highest BCUT2D eigenvalue weighted by Crippen LogP contribution is 2.39. The van der Waals surface area contributed by atoms with Crippen LogP contribution in [0.2, 0.25) is 0 Å². The number of thiazole rings is 1. The maximum atomic E-state index is 14.0. The van der Waals surface area contributed by atoms with Crippen molar-refractivity contribution in [2.45, 2.75) is 19.3 Å². The third kappa shape index (κ3) is 3.35. The number of hydrazone groups is 1. The number of anilines is 1. The molecule has 1 aliphatic rings. The molecule has 6 nitrogen and oxygen atoms in total. The number of aromatic nitrogens is 1. The van der Waals surface area contributed by atoms with Crippen molar-refractivity contribution in [3.63, 3.8) is 0 Å². The largest absolute Gasteiger partial charge is 0.507 e. The second kappa shape index (κ2) is 6.96. The number of fused-ring (bicyclic) bond motifs is 2. The predicted molar refractivity (Wildman–Crippen MR) is 104 cm³/mol. The van der Waals surface area contributed by atoms with E-state index in [-0.39, 0.29) is 29.9 Å². The first kappa shape index (κ1) is 17.4. The summed E-state index contributed by atoms with van der Waals surface area (Å²) in [6.07, 6.45) is 0.454. The van der Waals surface area contributed by atoms with Crippen molar-refractivity contribution in [3.8, 4) is 5.75 Å². The van der Waals surface area contributed by atoms with Gasteiger partial charge in [0.25, 0.3) is 5.91 Å². The van der Waals surface area contributed by atoms with Gasteiger partial charge < -0.3 is 10.4 Å². The van der Waals surface area contributed by atoms with E-state index in [0.717, 1.165) is 10.2 Å². The normalized spacial score (nSPS) is 17.3. The molecular weight excluding hydrogens is 367 g/mol. The third-order valence-corrected chi connectivity index (χ3v) is 5.45. The number of hydrogen-bond donors (Lipinski definition) is 3. The minimum atomic E-state index is -0.371. The number of phenols is 1. The fraction of sp³-hybridized carbons (Fsp3) is 0.211. The number of benzene rings is 2. The van der Waals surface area contributed by atoms with Crippen LogP contribution in [0, 0.1) is 5.82 Å². The van der Waals surface area contributed by atoms with E-state index in [1.807, 2.05) is 31.2 Å². The molecule has 8 heteroatoms. The Morgan fingerprint density at radius 2 is 2.19 bits per heavy atom. The molecule has 0 aliphatic heterocycles. The summed E-state index contributed by atoms with van der Waals surface area (Å²) in [7, 11) is 0. The predicted octanol–water partition coefficient (Wildman–Crippen LogP) is 3.58. The van der Waals surface area contributed by atoms with Gasteiger partial charge in [-0.2, -0.15) is 5.10 Å². The Hall–Kier alpha value is -3.00. The van der Waals surface area contributed by atoms with Crippen molar-refractivity contribution in [1.82, 2.24) is 10.4 Å². The van der Waals surface area contributed by atoms with Crippen LogP contribution in [-0.2, 0) is 4.79 Å². The van der Waals surface area contributed by atoms with Gasteiger partial charge in [-0.25, -0.2) is 14.8 Å². The van der Waals surface area contributed by atoms with Crippen molar-refractivity contribution in [1.29, 1.82) is 0 Å². The zero-order valence-electron chi connectivity index (χ0n) is 14.5. The summed E-state index contributed by atoms with van der Waals surface area (Å²) in [6.45, 7) is 1.87. The molecule has 0 fully saturated rings. The van der Waals surface area contributed by atoms with Crippen LogP contribution in [0.4, 0.5) is 9.52 Å². The summed E-state index contributed by atoms with van der Waals surface area (Å²) in [5.74, 6) is -0.858. The zero-order chi connectivity index (χ0) is 19.0. The van der Waals surface area contributed by atoms with Crippen LogP contribution in [-0.4, -0.2) is 28.3 Å². The van der Waals surface area contributed by atoms with Crippen molar-refractivity contribution in [2.24, 2.45) is 5.10 Å². The Bertz CT molecular complexity index is 1030. The van der Waals surface area contributed by atoms with Gasteiger partial charge in [-0.15, -0.1) is 0 Å². The molecule has 27 heavy (non-hydrogen) atoms. The maximum absolute atomic E-state index is 14.0. The summed E-state index contributed by atoms with van der Waals surface area (Å²) in [6, 6.07) is 10.3. The number of nitrogens with one attached hydrogen (secondary N) is 2.